The Bertz CT molecular complexity index is 304. The molecule has 1 aromatic heterocycles. The zero-order valence-electron chi connectivity index (χ0n) is 7.83. The zero-order valence-corrected chi connectivity index (χ0v) is 9.42. The molecular weight excluding hydrogens is 244 g/mol. The lowest BCUT2D eigenvalue weighted by molar-refractivity contribution is 0.755. The molecule has 0 atom stereocenters. The van der Waals surface area contributed by atoms with Crippen molar-refractivity contribution in [1.82, 2.24) is 9.97 Å². The zero-order chi connectivity index (χ0) is 9.97. The van der Waals surface area contributed by atoms with Gasteiger partial charge in [-0.2, -0.15) is 4.98 Å². The van der Waals surface area contributed by atoms with Gasteiger partial charge in [-0.1, -0.05) is 12.8 Å². The van der Waals surface area contributed by atoms with Gasteiger partial charge in [0.05, 0.1) is 0 Å². The smallest absolute Gasteiger partial charge is 0.225 e. The molecule has 1 aliphatic rings. The average molecular weight is 257 g/mol. The first kappa shape index (κ1) is 9.71. The minimum atomic E-state index is 0.487. The van der Waals surface area contributed by atoms with Gasteiger partial charge in [0, 0.05) is 12.6 Å². The normalized spacial score (nSPS) is 15.5. The molecule has 0 unspecified atom stereocenters. The summed E-state index contributed by atoms with van der Waals surface area (Å²) in [5.74, 6) is 2.02. The van der Waals surface area contributed by atoms with Crippen LogP contribution in [0, 0.1) is 5.92 Å². The minimum absolute atomic E-state index is 0.487. The van der Waals surface area contributed by atoms with E-state index in [0.717, 1.165) is 17.1 Å². The number of nitrogens with zero attached hydrogens (tertiary/aromatic N) is 2. The molecule has 0 bridgehead atoms. The van der Waals surface area contributed by atoms with Crippen LogP contribution in [-0.2, 0) is 0 Å². The maximum Gasteiger partial charge on any atom is 0.225 e. The number of nitrogens with two attached hydrogens (primary N) is 1. The lowest BCUT2D eigenvalue weighted by Crippen LogP contribution is -2.07. The number of hydrogen-bond donors (Lipinski definition) is 2. The first-order valence-corrected chi connectivity index (χ1v) is 5.57. The Balaban J connectivity index is 1.87. The van der Waals surface area contributed by atoms with E-state index >= 15 is 0 Å². The fourth-order valence-electron chi connectivity index (χ4n) is 1.31. The SMILES string of the molecule is Nc1cc(Br)nc(NCCC2CC2)n1. The summed E-state index contributed by atoms with van der Waals surface area (Å²) in [5, 5.41) is 3.17. The van der Waals surface area contributed by atoms with Gasteiger partial charge in [-0.25, -0.2) is 4.98 Å². The highest BCUT2D eigenvalue weighted by atomic mass is 79.9. The molecule has 2 rings (SSSR count). The summed E-state index contributed by atoms with van der Waals surface area (Å²) in [6.45, 7) is 0.931. The third-order valence-electron chi connectivity index (χ3n) is 2.25. The van der Waals surface area contributed by atoms with E-state index in [0.29, 0.717) is 11.8 Å². The predicted molar refractivity (Wildman–Crippen MR) is 60.0 cm³/mol. The van der Waals surface area contributed by atoms with Crippen LogP contribution >= 0.6 is 15.9 Å². The number of halogens is 1. The fraction of sp³-hybridized carbons (Fsp3) is 0.556. The van der Waals surface area contributed by atoms with Gasteiger partial charge >= 0.3 is 0 Å². The van der Waals surface area contributed by atoms with Gasteiger partial charge in [0.15, 0.2) is 0 Å². The number of nitrogen functional groups attached to an aromatic ring is 1. The molecule has 0 amide bonds. The third kappa shape index (κ3) is 2.83. The average Bonchev–Trinajstić information content (AvgIpc) is 2.86. The van der Waals surface area contributed by atoms with Crippen molar-refractivity contribution in [3.63, 3.8) is 0 Å². The lowest BCUT2D eigenvalue weighted by atomic mass is 10.3. The first-order valence-electron chi connectivity index (χ1n) is 4.78. The second-order valence-electron chi connectivity index (χ2n) is 3.60. The van der Waals surface area contributed by atoms with Crippen molar-refractivity contribution in [2.75, 3.05) is 17.6 Å². The van der Waals surface area contributed by atoms with E-state index in [4.69, 9.17) is 5.73 Å². The predicted octanol–water partition coefficient (Wildman–Crippen LogP) is 2.03. The van der Waals surface area contributed by atoms with Gasteiger partial charge in [0.2, 0.25) is 5.95 Å². The summed E-state index contributed by atoms with van der Waals surface area (Å²) in [4.78, 5) is 8.24. The molecule has 0 saturated heterocycles. The van der Waals surface area contributed by atoms with Crippen LogP contribution in [0.2, 0.25) is 0 Å². The lowest BCUT2D eigenvalue weighted by Gasteiger charge is -2.04. The van der Waals surface area contributed by atoms with E-state index in [2.05, 4.69) is 31.2 Å². The van der Waals surface area contributed by atoms with Crippen LogP contribution in [0.1, 0.15) is 19.3 Å². The number of aromatic nitrogens is 2. The van der Waals surface area contributed by atoms with Crippen LogP contribution in [0.3, 0.4) is 0 Å². The largest absolute Gasteiger partial charge is 0.383 e. The Morgan fingerprint density at radius 1 is 1.50 bits per heavy atom. The van der Waals surface area contributed by atoms with E-state index in [-0.39, 0.29) is 0 Å². The van der Waals surface area contributed by atoms with E-state index in [1.807, 2.05) is 0 Å². The van der Waals surface area contributed by atoms with Crippen LogP contribution in [0.25, 0.3) is 0 Å². The van der Waals surface area contributed by atoms with Crippen LogP contribution in [0.4, 0.5) is 11.8 Å². The number of rotatable bonds is 4. The quantitative estimate of drug-likeness (QED) is 0.810. The summed E-state index contributed by atoms with van der Waals surface area (Å²) in [6, 6.07) is 1.69. The van der Waals surface area contributed by atoms with Crippen molar-refractivity contribution in [3.05, 3.63) is 10.7 Å². The van der Waals surface area contributed by atoms with Crippen molar-refractivity contribution in [2.24, 2.45) is 5.92 Å². The number of nitrogens with one attached hydrogen (secondary N) is 1. The van der Waals surface area contributed by atoms with Gasteiger partial charge in [-0.15, -0.1) is 0 Å². The second kappa shape index (κ2) is 4.13. The van der Waals surface area contributed by atoms with E-state index in [1.165, 1.54) is 19.3 Å². The summed E-state index contributed by atoms with van der Waals surface area (Å²) in [5.41, 5.74) is 5.58. The van der Waals surface area contributed by atoms with Gasteiger partial charge in [0.25, 0.3) is 0 Å². The molecule has 76 valence electrons. The molecule has 5 heteroatoms. The first-order chi connectivity index (χ1) is 6.74. The Kier molecular flexibility index (Phi) is 2.86. The highest BCUT2D eigenvalue weighted by Crippen LogP contribution is 2.31. The maximum atomic E-state index is 5.58. The summed E-state index contributed by atoms with van der Waals surface area (Å²) < 4.78 is 0.721. The molecule has 1 saturated carbocycles. The van der Waals surface area contributed by atoms with Crippen molar-refractivity contribution in [1.29, 1.82) is 0 Å². The molecule has 0 aliphatic heterocycles. The molecule has 1 heterocycles. The molecule has 3 N–H and O–H groups in total. The van der Waals surface area contributed by atoms with Gasteiger partial charge < -0.3 is 11.1 Å². The van der Waals surface area contributed by atoms with Crippen molar-refractivity contribution in [3.8, 4) is 0 Å². The van der Waals surface area contributed by atoms with E-state index in [1.54, 1.807) is 6.07 Å². The Hall–Kier alpha value is -0.840. The highest BCUT2D eigenvalue weighted by molar-refractivity contribution is 9.10. The molecular formula is C9H13BrN4. The van der Waals surface area contributed by atoms with Crippen LogP contribution in [0.15, 0.2) is 10.7 Å². The molecule has 1 aromatic rings. The van der Waals surface area contributed by atoms with Crippen LogP contribution < -0.4 is 11.1 Å². The maximum absolute atomic E-state index is 5.58. The van der Waals surface area contributed by atoms with Crippen molar-refractivity contribution in [2.45, 2.75) is 19.3 Å². The molecule has 0 radical (unpaired) electrons. The number of anilines is 2. The standard InChI is InChI=1S/C9H13BrN4/c10-7-5-8(11)14-9(13-7)12-4-3-6-1-2-6/h5-6H,1-4H2,(H3,11,12,13,14). The molecule has 1 fully saturated rings. The minimum Gasteiger partial charge on any atom is -0.383 e. The topological polar surface area (TPSA) is 63.8 Å². The molecule has 14 heavy (non-hydrogen) atoms. The van der Waals surface area contributed by atoms with Gasteiger partial charge in [0.1, 0.15) is 10.4 Å². The summed E-state index contributed by atoms with van der Waals surface area (Å²) in [6.07, 6.45) is 3.96. The van der Waals surface area contributed by atoms with Crippen molar-refractivity contribution < 1.29 is 0 Å². The second-order valence-corrected chi connectivity index (χ2v) is 4.41. The van der Waals surface area contributed by atoms with Crippen LogP contribution in [-0.4, -0.2) is 16.5 Å². The summed E-state index contributed by atoms with van der Waals surface area (Å²) >= 11 is 3.28. The number of hydrogen-bond acceptors (Lipinski definition) is 4. The Morgan fingerprint density at radius 2 is 2.29 bits per heavy atom. The van der Waals surface area contributed by atoms with Gasteiger partial charge in [-0.05, 0) is 28.3 Å². The highest BCUT2D eigenvalue weighted by Gasteiger charge is 2.20. The van der Waals surface area contributed by atoms with E-state index in [9.17, 15) is 0 Å². The fourth-order valence-corrected chi connectivity index (χ4v) is 1.71. The van der Waals surface area contributed by atoms with Crippen LogP contribution in [0.5, 0.6) is 0 Å². The monoisotopic (exact) mass is 256 g/mol. The molecule has 0 spiro atoms. The summed E-state index contributed by atoms with van der Waals surface area (Å²) in [7, 11) is 0. The molecule has 0 aromatic carbocycles. The Morgan fingerprint density at radius 3 is 2.93 bits per heavy atom. The third-order valence-corrected chi connectivity index (χ3v) is 2.65. The van der Waals surface area contributed by atoms with Gasteiger partial charge in [-0.3, -0.25) is 0 Å². The molecule has 4 nitrogen and oxygen atoms in total. The Labute approximate surface area is 91.4 Å². The van der Waals surface area contributed by atoms with E-state index < -0.39 is 0 Å². The molecule has 1 aliphatic carbocycles. The van der Waals surface area contributed by atoms with Crippen molar-refractivity contribution >= 4 is 27.7 Å².